The van der Waals surface area contributed by atoms with Crippen LogP contribution in [0.15, 0.2) is 12.3 Å². The molecule has 6 heteroatoms. The summed E-state index contributed by atoms with van der Waals surface area (Å²) in [5, 5.41) is 0. The number of hydrogen-bond donors (Lipinski definition) is 0. The van der Waals surface area contributed by atoms with Crippen molar-refractivity contribution < 1.29 is 14.3 Å². The molecular formula is C15H23N3O3. The highest BCUT2D eigenvalue weighted by Gasteiger charge is 2.30. The number of aromatic nitrogens is 2. The molecule has 0 spiro atoms. The smallest absolute Gasteiger partial charge is 0.319 e. The summed E-state index contributed by atoms with van der Waals surface area (Å²) in [6.45, 7) is 7.30. The Bertz CT molecular complexity index is 491. The van der Waals surface area contributed by atoms with Gasteiger partial charge in [0.15, 0.2) is 0 Å². The van der Waals surface area contributed by atoms with E-state index in [0.29, 0.717) is 11.9 Å². The van der Waals surface area contributed by atoms with Crippen molar-refractivity contribution in [3.05, 3.63) is 12.3 Å². The minimum atomic E-state index is -0.326. The van der Waals surface area contributed by atoms with Crippen molar-refractivity contribution in [1.29, 1.82) is 0 Å². The second-order valence-corrected chi connectivity index (χ2v) is 6.24. The summed E-state index contributed by atoms with van der Waals surface area (Å²) in [6, 6.07) is 2.02. The SMILES string of the molecule is COc1nccc(OC2CCN(C(=O)C(C)(C)C)CC2)n1. The third kappa shape index (κ3) is 4.06. The van der Waals surface area contributed by atoms with E-state index in [2.05, 4.69) is 9.97 Å². The molecule has 1 aliphatic rings. The molecule has 1 aromatic rings. The molecule has 0 aliphatic carbocycles. The molecule has 1 amide bonds. The van der Waals surface area contributed by atoms with Gasteiger partial charge in [-0.15, -0.1) is 0 Å². The van der Waals surface area contributed by atoms with Crippen LogP contribution < -0.4 is 9.47 Å². The van der Waals surface area contributed by atoms with E-state index in [1.165, 1.54) is 7.11 Å². The lowest BCUT2D eigenvalue weighted by molar-refractivity contribution is -0.141. The summed E-state index contributed by atoms with van der Waals surface area (Å²) in [7, 11) is 1.52. The Morgan fingerprint density at radius 2 is 2.00 bits per heavy atom. The van der Waals surface area contributed by atoms with Gasteiger partial charge >= 0.3 is 6.01 Å². The van der Waals surface area contributed by atoms with Crippen LogP contribution in [-0.4, -0.2) is 47.1 Å². The Morgan fingerprint density at radius 3 is 2.57 bits per heavy atom. The fourth-order valence-electron chi connectivity index (χ4n) is 2.31. The summed E-state index contributed by atoms with van der Waals surface area (Å²) < 4.78 is 10.8. The molecule has 0 radical (unpaired) electrons. The molecule has 2 heterocycles. The zero-order chi connectivity index (χ0) is 15.5. The number of likely N-dealkylation sites (tertiary alicyclic amines) is 1. The van der Waals surface area contributed by atoms with Crippen LogP contribution in [0.3, 0.4) is 0 Å². The van der Waals surface area contributed by atoms with Crippen molar-refractivity contribution in [3.8, 4) is 11.9 Å². The Hall–Kier alpha value is -1.85. The van der Waals surface area contributed by atoms with E-state index < -0.39 is 0 Å². The van der Waals surface area contributed by atoms with Gasteiger partial charge in [-0.3, -0.25) is 4.79 Å². The lowest BCUT2D eigenvalue weighted by Gasteiger charge is -2.35. The number of carbonyl (C=O) groups excluding carboxylic acids is 1. The van der Waals surface area contributed by atoms with E-state index in [1.807, 2.05) is 25.7 Å². The molecule has 0 bridgehead atoms. The molecule has 1 saturated heterocycles. The Morgan fingerprint density at radius 1 is 1.33 bits per heavy atom. The van der Waals surface area contributed by atoms with Crippen LogP contribution in [0.5, 0.6) is 11.9 Å². The highest BCUT2D eigenvalue weighted by molar-refractivity contribution is 5.81. The van der Waals surface area contributed by atoms with Gasteiger partial charge in [0.1, 0.15) is 6.10 Å². The molecule has 0 unspecified atom stereocenters. The van der Waals surface area contributed by atoms with Crippen LogP contribution in [0.4, 0.5) is 0 Å². The zero-order valence-corrected chi connectivity index (χ0v) is 13.1. The maximum atomic E-state index is 12.2. The number of nitrogens with zero attached hydrogens (tertiary/aromatic N) is 3. The van der Waals surface area contributed by atoms with Gasteiger partial charge in [0.25, 0.3) is 0 Å². The predicted molar refractivity (Wildman–Crippen MR) is 78.3 cm³/mol. The molecule has 6 nitrogen and oxygen atoms in total. The quantitative estimate of drug-likeness (QED) is 0.851. The van der Waals surface area contributed by atoms with E-state index in [1.54, 1.807) is 12.3 Å². The van der Waals surface area contributed by atoms with Gasteiger partial charge < -0.3 is 14.4 Å². The molecular weight excluding hydrogens is 270 g/mol. The maximum Gasteiger partial charge on any atom is 0.319 e. The van der Waals surface area contributed by atoms with E-state index in [4.69, 9.17) is 9.47 Å². The van der Waals surface area contributed by atoms with Crippen LogP contribution in [0.2, 0.25) is 0 Å². The third-order valence-corrected chi connectivity index (χ3v) is 3.45. The van der Waals surface area contributed by atoms with Crippen LogP contribution in [0.25, 0.3) is 0 Å². The molecule has 0 saturated carbocycles. The van der Waals surface area contributed by atoms with E-state index in [-0.39, 0.29) is 17.4 Å². The molecule has 116 valence electrons. The number of piperidine rings is 1. The molecule has 21 heavy (non-hydrogen) atoms. The lowest BCUT2D eigenvalue weighted by Crippen LogP contribution is -2.46. The van der Waals surface area contributed by atoms with E-state index in [0.717, 1.165) is 25.9 Å². The molecule has 0 N–H and O–H groups in total. The lowest BCUT2D eigenvalue weighted by atomic mass is 9.93. The Kier molecular flexibility index (Phi) is 4.65. The fraction of sp³-hybridized carbons (Fsp3) is 0.667. The summed E-state index contributed by atoms with van der Waals surface area (Å²) in [4.78, 5) is 22.2. The minimum Gasteiger partial charge on any atom is -0.474 e. The number of rotatable bonds is 3. The third-order valence-electron chi connectivity index (χ3n) is 3.45. The second-order valence-electron chi connectivity index (χ2n) is 6.24. The van der Waals surface area contributed by atoms with Gasteiger partial charge in [-0.2, -0.15) is 4.98 Å². The summed E-state index contributed by atoms with van der Waals surface area (Å²) >= 11 is 0. The monoisotopic (exact) mass is 293 g/mol. The van der Waals surface area contributed by atoms with Crippen molar-refractivity contribution in [2.24, 2.45) is 5.41 Å². The fourth-order valence-corrected chi connectivity index (χ4v) is 2.31. The zero-order valence-electron chi connectivity index (χ0n) is 13.1. The average molecular weight is 293 g/mol. The van der Waals surface area contributed by atoms with E-state index in [9.17, 15) is 4.79 Å². The topological polar surface area (TPSA) is 64.6 Å². The van der Waals surface area contributed by atoms with Crippen LogP contribution >= 0.6 is 0 Å². The highest BCUT2D eigenvalue weighted by Crippen LogP contribution is 2.23. The number of hydrogen-bond acceptors (Lipinski definition) is 5. The Labute approximate surface area is 125 Å². The number of carbonyl (C=O) groups is 1. The van der Waals surface area contributed by atoms with Crippen LogP contribution in [-0.2, 0) is 4.79 Å². The summed E-state index contributed by atoms with van der Waals surface area (Å²) in [6.07, 6.45) is 3.32. The average Bonchev–Trinajstić information content (AvgIpc) is 2.46. The highest BCUT2D eigenvalue weighted by atomic mass is 16.5. The first kappa shape index (κ1) is 15.5. The van der Waals surface area contributed by atoms with Crippen molar-refractivity contribution in [1.82, 2.24) is 14.9 Å². The van der Waals surface area contributed by atoms with Crippen molar-refractivity contribution in [2.45, 2.75) is 39.7 Å². The van der Waals surface area contributed by atoms with Crippen molar-refractivity contribution in [3.63, 3.8) is 0 Å². The molecule has 1 fully saturated rings. The first-order chi connectivity index (χ1) is 9.90. The summed E-state index contributed by atoms with van der Waals surface area (Å²) in [5.41, 5.74) is -0.326. The molecule has 1 aromatic heterocycles. The van der Waals surface area contributed by atoms with Crippen LogP contribution in [0, 0.1) is 5.41 Å². The molecule has 2 rings (SSSR count). The van der Waals surface area contributed by atoms with Gasteiger partial charge in [-0.25, -0.2) is 4.98 Å². The number of methoxy groups -OCH3 is 1. The standard InChI is InChI=1S/C15H23N3O3/c1-15(2,3)13(19)18-9-6-11(7-10-18)21-12-5-8-16-14(17-12)20-4/h5,8,11H,6-7,9-10H2,1-4H3. The van der Waals surface area contributed by atoms with Crippen molar-refractivity contribution in [2.75, 3.05) is 20.2 Å². The van der Waals surface area contributed by atoms with Gasteiger partial charge in [0, 0.05) is 43.6 Å². The maximum absolute atomic E-state index is 12.2. The molecule has 1 aliphatic heterocycles. The van der Waals surface area contributed by atoms with Gasteiger partial charge in [-0.05, 0) is 0 Å². The molecule has 0 atom stereocenters. The number of amides is 1. The normalized spacial score (nSPS) is 16.7. The van der Waals surface area contributed by atoms with Gasteiger partial charge in [0.2, 0.25) is 11.8 Å². The first-order valence-corrected chi connectivity index (χ1v) is 7.23. The van der Waals surface area contributed by atoms with Crippen LogP contribution in [0.1, 0.15) is 33.6 Å². The van der Waals surface area contributed by atoms with Crippen molar-refractivity contribution >= 4 is 5.91 Å². The Balaban J connectivity index is 1.88. The molecule has 0 aromatic carbocycles. The predicted octanol–water partition coefficient (Wildman–Crippen LogP) is 1.90. The van der Waals surface area contributed by atoms with Gasteiger partial charge in [0.05, 0.1) is 7.11 Å². The van der Waals surface area contributed by atoms with Gasteiger partial charge in [-0.1, -0.05) is 20.8 Å². The first-order valence-electron chi connectivity index (χ1n) is 7.23. The minimum absolute atomic E-state index is 0.0774. The van der Waals surface area contributed by atoms with E-state index >= 15 is 0 Å². The summed E-state index contributed by atoms with van der Waals surface area (Å²) in [5.74, 6) is 0.715. The second kappa shape index (κ2) is 6.28. The number of ether oxygens (including phenoxy) is 2. The largest absolute Gasteiger partial charge is 0.474 e.